The van der Waals surface area contributed by atoms with Crippen molar-refractivity contribution < 1.29 is 0 Å². The summed E-state index contributed by atoms with van der Waals surface area (Å²) in [5, 5.41) is 7.78. The van der Waals surface area contributed by atoms with Gasteiger partial charge in [-0.3, -0.25) is 0 Å². The van der Waals surface area contributed by atoms with Crippen molar-refractivity contribution >= 4 is 17.3 Å². The van der Waals surface area contributed by atoms with E-state index < -0.39 is 0 Å². The Labute approximate surface area is 149 Å². The second-order valence-electron chi connectivity index (χ2n) is 6.11. The molecule has 0 spiro atoms. The number of guanidine groups is 1. The molecular weight excluding hydrogens is 316 g/mol. The monoisotopic (exact) mass is 344 g/mol. The number of hydrogen-bond donors (Lipinski definition) is 2. The Morgan fingerprint density at radius 2 is 1.83 bits per heavy atom. The first-order valence-electron chi connectivity index (χ1n) is 8.49. The van der Waals surface area contributed by atoms with Crippen LogP contribution in [-0.4, -0.2) is 24.0 Å². The number of thiazole rings is 1. The highest BCUT2D eigenvalue weighted by Crippen LogP contribution is 2.16. The van der Waals surface area contributed by atoms with Crippen LogP contribution in [0.2, 0.25) is 0 Å². The Kier molecular flexibility index (Phi) is 6.79. The van der Waals surface area contributed by atoms with E-state index in [0.29, 0.717) is 6.54 Å². The van der Waals surface area contributed by atoms with Crippen molar-refractivity contribution in [1.82, 2.24) is 15.6 Å². The Morgan fingerprint density at radius 1 is 1.12 bits per heavy atom. The summed E-state index contributed by atoms with van der Waals surface area (Å²) in [6.07, 6.45) is 2.90. The number of hydrogen-bond acceptors (Lipinski definition) is 3. The average molecular weight is 345 g/mol. The minimum absolute atomic E-state index is 0.621. The van der Waals surface area contributed by atoms with Crippen molar-refractivity contribution in [2.75, 3.05) is 13.1 Å². The molecule has 0 bridgehead atoms. The minimum Gasteiger partial charge on any atom is -0.357 e. The van der Waals surface area contributed by atoms with Crippen molar-refractivity contribution in [1.29, 1.82) is 0 Å². The van der Waals surface area contributed by atoms with Crippen molar-refractivity contribution in [2.24, 2.45) is 4.99 Å². The zero-order valence-electron chi connectivity index (χ0n) is 15.4. The molecule has 4 nitrogen and oxygen atoms in total. The number of rotatable bonds is 6. The Hall–Kier alpha value is -1.88. The van der Waals surface area contributed by atoms with Crippen molar-refractivity contribution in [3.63, 3.8) is 0 Å². The van der Waals surface area contributed by atoms with Crippen LogP contribution in [0.3, 0.4) is 0 Å². The molecule has 1 aromatic carbocycles. The predicted molar refractivity (Wildman–Crippen MR) is 104 cm³/mol. The second-order valence-corrected chi connectivity index (χ2v) is 7.43. The fourth-order valence-corrected chi connectivity index (χ4v) is 3.58. The van der Waals surface area contributed by atoms with E-state index in [9.17, 15) is 0 Å². The summed E-state index contributed by atoms with van der Waals surface area (Å²) >= 11 is 1.70. The summed E-state index contributed by atoms with van der Waals surface area (Å²) in [5.41, 5.74) is 5.50. The van der Waals surface area contributed by atoms with Gasteiger partial charge in [-0.05, 0) is 57.7 Å². The van der Waals surface area contributed by atoms with E-state index in [0.717, 1.165) is 30.5 Å². The first kappa shape index (κ1) is 18.5. The molecular formula is C19H28N4S. The lowest BCUT2D eigenvalue weighted by molar-refractivity contribution is 0.794. The van der Waals surface area contributed by atoms with Gasteiger partial charge in [0.05, 0.1) is 6.54 Å². The zero-order valence-corrected chi connectivity index (χ0v) is 16.2. The maximum absolute atomic E-state index is 4.63. The molecule has 2 rings (SSSR count). The highest BCUT2D eigenvalue weighted by molar-refractivity contribution is 7.11. The third-order valence-corrected chi connectivity index (χ3v) is 4.79. The van der Waals surface area contributed by atoms with Gasteiger partial charge in [0, 0.05) is 24.2 Å². The summed E-state index contributed by atoms with van der Waals surface area (Å²) in [6, 6.07) is 4.51. The molecule has 0 atom stereocenters. The number of nitrogens with one attached hydrogen (secondary N) is 2. The molecule has 2 N–H and O–H groups in total. The molecule has 0 saturated carbocycles. The smallest absolute Gasteiger partial charge is 0.191 e. The number of aromatic nitrogens is 1. The van der Waals surface area contributed by atoms with Crippen LogP contribution in [0, 0.1) is 27.7 Å². The van der Waals surface area contributed by atoms with Gasteiger partial charge < -0.3 is 10.6 Å². The molecule has 5 heteroatoms. The normalized spacial score (nSPS) is 11.6. The van der Waals surface area contributed by atoms with Crippen LogP contribution in [0.25, 0.3) is 0 Å². The van der Waals surface area contributed by atoms with Crippen LogP contribution in [0.15, 0.2) is 23.3 Å². The molecule has 1 aromatic heterocycles. The molecule has 0 radical (unpaired) electrons. The van der Waals surface area contributed by atoms with Crippen LogP contribution in [0.1, 0.15) is 39.1 Å². The Balaban J connectivity index is 1.94. The molecule has 24 heavy (non-hydrogen) atoms. The van der Waals surface area contributed by atoms with Crippen molar-refractivity contribution in [3.8, 4) is 0 Å². The fourth-order valence-electron chi connectivity index (χ4n) is 2.87. The maximum Gasteiger partial charge on any atom is 0.191 e. The molecule has 0 aliphatic carbocycles. The number of aryl methyl sites for hydroxylation is 4. The molecule has 0 saturated heterocycles. The number of nitrogens with zero attached hydrogens (tertiary/aromatic N) is 2. The summed E-state index contributed by atoms with van der Waals surface area (Å²) in [7, 11) is 0. The lowest BCUT2D eigenvalue weighted by atomic mass is 9.97. The van der Waals surface area contributed by atoms with E-state index in [1.165, 1.54) is 27.1 Å². The minimum atomic E-state index is 0.621. The molecule has 0 aliphatic rings. The van der Waals surface area contributed by atoms with E-state index in [1.54, 1.807) is 11.3 Å². The van der Waals surface area contributed by atoms with Crippen LogP contribution < -0.4 is 10.6 Å². The van der Waals surface area contributed by atoms with E-state index >= 15 is 0 Å². The topological polar surface area (TPSA) is 49.3 Å². The highest BCUT2D eigenvalue weighted by atomic mass is 32.1. The van der Waals surface area contributed by atoms with Gasteiger partial charge in [-0.25, -0.2) is 9.98 Å². The molecule has 1 heterocycles. The van der Waals surface area contributed by atoms with Crippen LogP contribution in [-0.2, 0) is 13.0 Å². The van der Waals surface area contributed by atoms with E-state index in [1.807, 2.05) is 6.20 Å². The number of aliphatic imine (C=N–C) groups is 1. The summed E-state index contributed by atoms with van der Waals surface area (Å²) in [6.45, 7) is 13.0. The third kappa shape index (κ3) is 5.34. The van der Waals surface area contributed by atoms with Crippen molar-refractivity contribution in [3.05, 3.63) is 50.5 Å². The maximum atomic E-state index is 4.63. The van der Waals surface area contributed by atoms with Gasteiger partial charge >= 0.3 is 0 Å². The Morgan fingerprint density at radius 3 is 2.42 bits per heavy atom. The van der Waals surface area contributed by atoms with E-state index in [2.05, 4.69) is 67.4 Å². The number of benzene rings is 1. The lowest BCUT2D eigenvalue weighted by Crippen LogP contribution is -2.38. The van der Waals surface area contributed by atoms with Crippen LogP contribution in [0.4, 0.5) is 0 Å². The van der Waals surface area contributed by atoms with Gasteiger partial charge in [0.1, 0.15) is 5.01 Å². The van der Waals surface area contributed by atoms with Gasteiger partial charge in [0.2, 0.25) is 0 Å². The molecule has 2 aromatic rings. The SMILES string of the molecule is CCNC(=NCc1ncc(C)s1)NCCc1c(C)cc(C)cc1C. The van der Waals surface area contributed by atoms with E-state index in [4.69, 9.17) is 0 Å². The first-order valence-corrected chi connectivity index (χ1v) is 9.31. The average Bonchev–Trinajstić information content (AvgIpc) is 2.93. The van der Waals surface area contributed by atoms with E-state index in [-0.39, 0.29) is 0 Å². The van der Waals surface area contributed by atoms with Crippen molar-refractivity contribution in [2.45, 2.75) is 47.6 Å². The predicted octanol–water partition coefficient (Wildman–Crippen LogP) is 3.67. The molecule has 0 fully saturated rings. The molecule has 0 aliphatic heterocycles. The largest absolute Gasteiger partial charge is 0.357 e. The fraction of sp³-hybridized carbons (Fsp3) is 0.474. The Bertz CT molecular complexity index is 680. The second kappa shape index (κ2) is 8.83. The third-order valence-electron chi connectivity index (χ3n) is 3.89. The summed E-state index contributed by atoms with van der Waals surface area (Å²) < 4.78 is 0. The van der Waals surface area contributed by atoms with Gasteiger partial charge in [-0.15, -0.1) is 11.3 Å². The highest BCUT2D eigenvalue weighted by Gasteiger charge is 2.05. The van der Waals surface area contributed by atoms with Crippen LogP contribution in [0.5, 0.6) is 0 Å². The quantitative estimate of drug-likeness (QED) is 0.621. The van der Waals surface area contributed by atoms with Gasteiger partial charge in [0.15, 0.2) is 5.96 Å². The first-order chi connectivity index (χ1) is 11.5. The zero-order chi connectivity index (χ0) is 17.5. The molecule has 0 amide bonds. The molecule has 130 valence electrons. The van der Waals surface area contributed by atoms with Gasteiger partial charge in [-0.2, -0.15) is 0 Å². The van der Waals surface area contributed by atoms with Gasteiger partial charge in [0.25, 0.3) is 0 Å². The summed E-state index contributed by atoms with van der Waals surface area (Å²) in [4.78, 5) is 10.2. The molecule has 0 unspecified atom stereocenters. The van der Waals surface area contributed by atoms with Crippen LogP contribution >= 0.6 is 11.3 Å². The standard InChI is InChI=1S/C19H28N4S/c1-6-20-19(23-12-18-22-11-16(5)24-18)21-8-7-17-14(3)9-13(2)10-15(17)4/h9-11H,6-8,12H2,1-5H3,(H2,20,21,23). The summed E-state index contributed by atoms with van der Waals surface area (Å²) in [5.74, 6) is 0.854. The lowest BCUT2D eigenvalue weighted by Gasteiger charge is -2.14. The van der Waals surface area contributed by atoms with Gasteiger partial charge in [-0.1, -0.05) is 17.7 Å².